The van der Waals surface area contributed by atoms with Crippen molar-refractivity contribution in [3.8, 4) is 0 Å². The molecule has 6 heteroatoms. The quantitative estimate of drug-likeness (QED) is 0.728. The van der Waals surface area contributed by atoms with Crippen LogP contribution >= 0.6 is 0 Å². The molecule has 0 radical (unpaired) electrons. The third-order valence-corrected chi connectivity index (χ3v) is 2.36. The first-order chi connectivity index (χ1) is 9.06. The topological polar surface area (TPSA) is 67.1 Å². The van der Waals surface area contributed by atoms with Crippen LogP contribution in [-0.4, -0.2) is 6.03 Å². The molecule has 0 spiro atoms. The number of carbonyl (C=O) groups is 1. The molecule has 0 bridgehead atoms. The van der Waals surface area contributed by atoms with Gasteiger partial charge in [0.15, 0.2) is 0 Å². The standard InChI is InChI=1S/C13H11F2N3O/c14-9-3-1-2-4-11(9)17-13(19)18-12-7-8(16)5-6-10(12)15/h1-7H,16H2,(H2,17,18,19). The van der Waals surface area contributed by atoms with Crippen molar-refractivity contribution in [1.29, 1.82) is 0 Å². The predicted octanol–water partition coefficient (Wildman–Crippen LogP) is 3.19. The molecule has 2 rings (SSSR count). The summed E-state index contributed by atoms with van der Waals surface area (Å²) < 4.78 is 26.7. The van der Waals surface area contributed by atoms with Gasteiger partial charge >= 0.3 is 6.03 Å². The molecule has 0 aromatic heterocycles. The number of rotatable bonds is 2. The van der Waals surface area contributed by atoms with Crippen LogP contribution in [0.15, 0.2) is 42.5 Å². The summed E-state index contributed by atoms with van der Waals surface area (Å²) in [6.07, 6.45) is 0. The van der Waals surface area contributed by atoms with E-state index in [0.29, 0.717) is 5.69 Å². The molecular formula is C13H11F2N3O. The number of hydrogen-bond acceptors (Lipinski definition) is 2. The molecular weight excluding hydrogens is 252 g/mol. The van der Waals surface area contributed by atoms with E-state index in [4.69, 9.17) is 5.73 Å². The van der Waals surface area contributed by atoms with Crippen LogP contribution in [0.25, 0.3) is 0 Å². The maximum absolute atomic E-state index is 13.4. The van der Waals surface area contributed by atoms with Gasteiger partial charge in [-0.25, -0.2) is 13.6 Å². The number of nitrogens with two attached hydrogens (primary N) is 1. The van der Waals surface area contributed by atoms with Gasteiger partial charge in [-0.2, -0.15) is 0 Å². The molecule has 2 aromatic carbocycles. The van der Waals surface area contributed by atoms with Crippen molar-refractivity contribution < 1.29 is 13.6 Å². The Kier molecular flexibility index (Phi) is 3.61. The summed E-state index contributed by atoms with van der Waals surface area (Å²) in [7, 11) is 0. The number of benzene rings is 2. The van der Waals surface area contributed by atoms with Gasteiger partial charge in [0, 0.05) is 5.69 Å². The SMILES string of the molecule is Nc1ccc(F)c(NC(=O)Nc2ccccc2F)c1. The monoisotopic (exact) mass is 263 g/mol. The number of hydrogen-bond donors (Lipinski definition) is 3. The van der Waals surface area contributed by atoms with Crippen molar-refractivity contribution in [2.75, 3.05) is 16.4 Å². The van der Waals surface area contributed by atoms with E-state index in [9.17, 15) is 13.6 Å². The van der Waals surface area contributed by atoms with Gasteiger partial charge in [0.1, 0.15) is 11.6 Å². The van der Waals surface area contributed by atoms with Gasteiger partial charge in [0.25, 0.3) is 0 Å². The Morgan fingerprint density at radius 2 is 1.58 bits per heavy atom. The molecule has 98 valence electrons. The van der Waals surface area contributed by atoms with Crippen molar-refractivity contribution in [2.24, 2.45) is 0 Å². The predicted molar refractivity (Wildman–Crippen MR) is 69.9 cm³/mol. The summed E-state index contributed by atoms with van der Waals surface area (Å²) in [5.74, 6) is -1.21. The summed E-state index contributed by atoms with van der Waals surface area (Å²) in [6, 6.07) is 8.69. The van der Waals surface area contributed by atoms with Gasteiger partial charge in [0.2, 0.25) is 0 Å². The zero-order valence-corrected chi connectivity index (χ0v) is 9.78. The van der Waals surface area contributed by atoms with Gasteiger partial charge in [-0.05, 0) is 30.3 Å². The summed E-state index contributed by atoms with van der Waals surface area (Å²) in [5.41, 5.74) is 5.72. The number of para-hydroxylation sites is 1. The number of nitrogens with one attached hydrogen (secondary N) is 2. The van der Waals surface area contributed by atoms with E-state index in [1.54, 1.807) is 6.07 Å². The summed E-state index contributed by atoms with van der Waals surface area (Å²) in [5, 5.41) is 4.53. The van der Waals surface area contributed by atoms with Gasteiger partial charge in [0.05, 0.1) is 11.4 Å². The van der Waals surface area contributed by atoms with E-state index >= 15 is 0 Å². The lowest BCUT2D eigenvalue weighted by Crippen LogP contribution is -2.20. The highest BCUT2D eigenvalue weighted by Crippen LogP contribution is 2.18. The minimum Gasteiger partial charge on any atom is -0.399 e. The smallest absolute Gasteiger partial charge is 0.323 e. The highest BCUT2D eigenvalue weighted by atomic mass is 19.1. The molecule has 0 unspecified atom stereocenters. The van der Waals surface area contributed by atoms with Crippen LogP contribution in [0, 0.1) is 11.6 Å². The summed E-state index contributed by atoms with van der Waals surface area (Å²) in [6.45, 7) is 0. The van der Waals surface area contributed by atoms with Crippen LogP contribution in [-0.2, 0) is 0 Å². The fourth-order valence-corrected chi connectivity index (χ4v) is 1.48. The van der Waals surface area contributed by atoms with E-state index in [0.717, 1.165) is 6.07 Å². The Morgan fingerprint density at radius 3 is 2.32 bits per heavy atom. The zero-order chi connectivity index (χ0) is 13.8. The van der Waals surface area contributed by atoms with Gasteiger partial charge in [-0.1, -0.05) is 12.1 Å². The zero-order valence-electron chi connectivity index (χ0n) is 9.78. The maximum Gasteiger partial charge on any atom is 0.323 e. The second kappa shape index (κ2) is 5.34. The molecule has 0 saturated heterocycles. The molecule has 0 saturated carbocycles. The van der Waals surface area contributed by atoms with Gasteiger partial charge in [-0.15, -0.1) is 0 Å². The van der Waals surface area contributed by atoms with Crippen molar-refractivity contribution in [2.45, 2.75) is 0 Å². The van der Waals surface area contributed by atoms with Crippen LogP contribution in [0.3, 0.4) is 0 Å². The molecule has 0 fully saturated rings. The fraction of sp³-hybridized carbons (Fsp3) is 0. The third-order valence-electron chi connectivity index (χ3n) is 2.36. The average Bonchev–Trinajstić information content (AvgIpc) is 2.37. The highest BCUT2D eigenvalue weighted by Gasteiger charge is 2.09. The van der Waals surface area contributed by atoms with Crippen molar-refractivity contribution in [3.63, 3.8) is 0 Å². The largest absolute Gasteiger partial charge is 0.399 e. The lowest BCUT2D eigenvalue weighted by Gasteiger charge is -2.09. The molecule has 4 N–H and O–H groups in total. The molecule has 2 amide bonds. The number of urea groups is 1. The Labute approximate surface area is 108 Å². The van der Waals surface area contributed by atoms with E-state index in [1.165, 1.54) is 30.3 Å². The van der Waals surface area contributed by atoms with Crippen LogP contribution in [0.2, 0.25) is 0 Å². The number of carbonyl (C=O) groups excluding carboxylic acids is 1. The molecule has 0 heterocycles. The molecule has 2 aromatic rings. The maximum atomic E-state index is 13.4. The molecule has 0 aliphatic carbocycles. The molecule has 0 atom stereocenters. The van der Waals surface area contributed by atoms with Crippen LogP contribution in [0.5, 0.6) is 0 Å². The minimum absolute atomic E-state index is 0.00399. The van der Waals surface area contributed by atoms with E-state index < -0.39 is 17.7 Å². The number of anilines is 3. The first-order valence-electron chi connectivity index (χ1n) is 5.44. The second-order valence-corrected chi connectivity index (χ2v) is 3.80. The Hall–Kier alpha value is -2.63. The van der Waals surface area contributed by atoms with E-state index in [-0.39, 0.29) is 11.4 Å². The fourth-order valence-electron chi connectivity index (χ4n) is 1.48. The van der Waals surface area contributed by atoms with Gasteiger partial charge < -0.3 is 16.4 Å². The van der Waals surface area contributed by atoms with Crippen LogP contribution < -0.4 is 16.4 Å². The lowest BCUT2D eigenvalue weighted by atomic mass is 10.2. The van der Waals surface area contributed by atoms with Crippen LogP contribution in [0.1, 0.15) is 0 Å². The number of amides is 2. The second-order valence-electron chi connectivity index (χ2n) is 3.80. The van der Waals surface area contributed by atoms with Crippen LogP contribution in [0.4, 0.5) is 30.6 Å². The Balaban J connectivity index is 2.10. The summed E-state index contributed by atoms with van der Waals surface area (Å²) in [4.78, 5) is 11.6. The summed E-state index contributed by atoms with van der Waals surface area (Å²) >= 11 is 0. The molecule has 4 nitrogen and oxygen atoms in total. The van der Waals surface area contributed by atoms with Gasteiger partial charge in [-0.3, -0.25) is 0 Å². The highest BCUT2D eigenvalue weighted by molar-refractivity contribution is 6.00. The first-order valence-corrected chi connectivity index (χ1v) is 5.44. The molecule has 0 aliphatic rings. The number of nitrogen functional groups attached to an aromatic ring is 1. The van der Waals surface area contributed by atoms with E-state index in [1.807, 2.05) is 0 Å². The normalized spacial score (nSPS) is 10.0. The Bertz CT molecular complexity index is 617. The van der Waals surface area contributed by atoms with E-state index in [2.05, 4.69) is 10.6 Å². The Morgan fingerprint density at radius 1 is 0.947 bits per heavy atom. The third kappa shape index (κ3) is 3.19. The van der Waals surface area contributed by atoms with Crippen molar-refractivity contribution >= 4 is 23.1 Å². The number of halogens is 2. The van der Waals surface area contributed by atoms with Crippen molar-refractivity contribution in [3.05, 3.63) is 54.1 Å². The molecule has 19 heavy (non-hydrogen) atoms. The first kappa shape index (κ1) is 12.8. The lowest BCUT2D eigenvalue weighted by molar-refractivity contribution is 0.262. The molecule has 0 aliphatic heterocycles. The minimum atomic E-state index is -0.755. The van der Waals surface area contributed by atoms with Crippen molar-refractivity contribution in [1.82, 2.24) is 0 Å². The average molecular weight is 263 g/mol.